The van der Waals surface area contributed by atoms with Crippen molar-refractivity contribution in [3.63, 3.8) is 0 Å². The first-order valence-electron chi connectivity index (χ1n) is 15.1. The van der Waals surface area contributed by atoms with E-state index >= 15 is 0 Å². The first-order chi connectivity index (χ1) is 22.9. The monoisotopic (exact) mass is 654 g/mol. The van der Waals surface area contributed by atoms with Gasteiger partial charge in [0.25, 0.3) is 0 Å². The van der Waals surface area contributed by atoms with Gasteiger partial charge in [-0.15, -0.1) is 0 Å². The van der Waals surface area contributed by atoms with Crippen molar-refractivity contribution in [3.05, 3.63) is 119 Å². The molecule has 0 saturated heterocycles. The van der Waals surface area contributed by atoms with E-state index in [9.17, 15) is 49.8 Å². The Morgan fingerprint density at radius 2 is 0.750 bits per heavy atom. The minimum absolute atomic E-state index is 0.00451. The fraction of sp³-hybridized carbons (Fsp3) is 0.222. The van der Waals surface area contributed by atoms with Gasteiger partial charge in [-0.05, 0) is 70.8 Å². The number of phenolic OH excluding ortho intramolecular Hbond substituents is 4. The van der Waals surface area contributed by atoms with Gasteiger partial charge in [-0.2, -0.15) is 0 Å². The number of benzene rings is 4. The molecule has 0 bridgehead atoms. The summed E-state index contributed by atoms with van der Waals surface area (Å²) in [7, 11) is 0. The van der Waals surface area contributed by atoms with Gasteiger partial charge in [-0.1, -0.05) is 48.5 Å². The molecule has 12 heteroatoms. The van der Waals surface area contributed by atoms with Crippen LogP contribution in [0.4, 0.5) is 0 Å². The molecule has 0 radical (unpaired) electrons. The van der Waals surface area contributed by atoms with Crippen LogP contribution in [0.2, 0.25) is 0 Å². The third-order valence-corrected chi connectivity index (χ3v) is 8.69. The second-order valence-electron chi connectivity index (χ2n) is 11.8. The number of carboxylic acid groups (broad SMARTS) is 2. The maximum atomic E-state index is 14.1. The molecule has 0 aliphatic heterocycles. The van der Waals surface area contributed by atoms with Crippen molar-refractivity contribution in [3.8, 4) is 23.0 Å². The van der Waals surface area contributed by atoms with Crippen molar-refractivity contribution in [1.29, 1.82) is 0 Å². The molecular weight excluding hydrogens is 620 g/mol. The van der Waals surface area contributed by atoms with Crippen molar-refractivity contribution in [2.24, 2.45) is 11.8 Å². The predicted octanol–water partition coefficient (Wildman–Crippen LogP) is 3.25. The van der Waals surface area contributed by atoms with Gasteiger partial charge in [-0.3, -0.25) is 9.59 Å². The molecule has 48 heavy (non-hydrogen) atoms. The number of carbonyl (C=O) groups excluding carboxylic acids is 2. The van der Waals surface area contributed by atoms with Gasteiger partial charge in [-0.25, -0.2) is 9.59 Å². The normalized spacial score (nSPS) is 19.7. The molecule has 0 heterocycles. The number of carbonyl (C=O) groups is 4. The molecule has 1 aliphatic rings. The fourth-order valence-electron chi connectivity index (χ4n) is 6.29. The van der Waals surface area contributed by atoms with Gasteiger partial charge >= 0.3 is 11.9 Å². The van der Waals surface area contributed by atoms with E-state index < -0.39 is 59.5 Å². The average molecular weight is 655 g/mol. The van der Waals surface area contributed by atoms with Gasteiger partial charge in [0.15, 0.2) is 0 Å². The maximum absolute atomic E-state index is 14.1. The molecule has 4 aromatic rings. The number of hydrogen-bond donors (Lipinski definition) is 8. The highest BCUT2D eigenvalue weighted by Crippen LogP contribution is 2.58. The Hall–Kier alpha value is -6.04. The lowest BCUT2D eigenvalue weighted by Crippen LogP contribution is -2.59. The van der Waals surface area contributed by atoms with Crippen LogP contribution in [-0.4, -0.2) is 66.5 Å². The summed E-state index contributed by atoms with van der Waals surface area (Å²) in [6.45, 7) is 0. The van der Waals surface area contributed by atoms with Gasteiger partial charge in [0, 0.05) is 24.7 Å². The van der Waals surface area contributed by atoms with E-state index in [1.807, 2.05) is 0 Å². The van der Waals surface area contributed by atoms with Crippen molar-refractivity contribution in [2.75, 3.05) is 0 Å². The summed E-state index contributed by atoms with van der Waals surface area (Å²) in [4.78, 5) is 52.8. The number of amides is 2. The third kappa shape index (κ3) is 7.49. The zero-order valence-electron chi connectivity index (χ0n) is 25.4. The fourth-order valence-corrected chi connectivity index (χ4v) is 6.29. The SMILES string of the molecule is O=C(N[C@@H](Cc1ccc(O)cc1)C(=O)O)C1C(c2ccc(O)cc2)C(C(=O)N[C@@H](Cc2ccc(O)cc2)C(=O)O)C1c1ccc(O)cc1. The predicted molar refractivity (Wildman–Crippen MR) is 171 cm³/mol. The van der Waals surface area contributed by atoms with E-state index in [2.05, 4.69) is 10.6 Å². The third-order valence-electron chi connectivity index (χ3n) is 8.69. The van der Waals surface area contributed by atoms with Crippen LogP contribution in [0.3, 0.4) is 0 Å². The molecule has 1 saturated carbocycles. The van der Waals surface area contributed by atoms with Gasteiger partial charge in [0.2, 0.25) is 11.8 Å². The minimum atomic E-state index is -1.36. The molecule has 0 aromatic heterocycles. The first kappa shape index (κ1) is 33.3. The molecule has 0 unspecified atom stereocenters. The largest absolute Gasteiger partial charge is 0.508 e. The van der Waals surface area contributed by atoms with Gasteiger partial charge in [0.1, 0.15) is 35.1 Å². The van der Waals surface area contributed by atoms with Crippen molar-refractivity contribution < 1.29 is 49.8 Å². The van der Waals surface area contributed by atoms with E-state index in [1.54, 1.807) is 24.3 Å². The topological polar surface area (TPSA) is 214 Å². The molecule has 12 nitrogen and oxygen atoms in total. The van der Waals surface area contributed by atoms with Crippen LogP contribution in [0.15, 0.2) is 97.1 Å². The smallest absolute Gasteiger partial charge is 0.326 e. The number of aromatic hydroxyl groups is 4. The number of nitrogens with one attached hydrogen (secondary N) is 2. The van der Waals surface area contributed by atoms with E-state index in [-0.39, 0.29) is 35.8 Å². The second-order valence-corrected chi connectivity index (χ2v) is 11.8. The van der Waals surface area contributed by atoms with Crippen molar-refractivity contribution in [2.45, 2.75) is 36.8 Å². The summed E-state index contributed by atoms with van der Waals surface area (Å²) in [5.74, 6) is -7.83. The molecule has 4 aromatic carbocycles. The Bertz CT molecular complexity index is 1630. The lowest BCUT2D eigenvalue weighted by atomic mass is 9.51. The molecule has 248 valence electrons. The Labute approximate surface area is 274 Å². The zero-order valence-corrected chi connectivity index (χ0v) is 25.4. The van der Waals surface area contributed by atoms with Crippen LogP contribution in [0, 0.1) is 11.8 Å². The lowest BCUT2D eigenvalue weighted by molar-refractivity contribution is -0.148. The number of hydrogen-bond acceptors (Lipinski definition) is 8. The van der Waals surface area contributed by atoms with Gasteiger partial charge < -0.3 is 41.3 Å². The van der Waals surface area contributed by atoms with Crippen molar-refractivity contribution >= 4 is 23.8 Å². The lowest BCUT2D eigenvalue weighted by Gasteiger charge is -2.51. The van der Waals surface area contributed by atoms with Crippen LogP contribution in [-0.2, 0) is 32.0 Å². The van der Waals surface area contributed by atoms with Crippen LogP contribution < -0.4 is 10.6 Å². The van der Waals surface area contributed by atoms with E-state index in [0.29, 0.717) is 22.3 Å². The highest BCUT2D eigenvalue weighted by molar-refractivity contribution is 5.93. The molecule has 1 fully saturated rings. The molecule has 0 spiro atoms. The summed E-state index contributed by atoms with van der Waals surface area (Å²) < 4.78 is 0. The maximum Gasteiger partial charge on any atom is 0.326 e. The Morgan fingerprint density at radius 1 is 0.479 bits per heavy atom. The number of phenols is 4. The zero-order chi connectivity index (χ0) is 34.5. The standard InChI is InChI=1S/C36H34N2O10/c39-23-9-1-19(2-10-23)17-27(35(45)46)37-33(43)31-29(21-5-13-25(41)14-6-21)32(30(31)22-7-15-26(42)16-8-22)34(44)38-28(36(47)48)18-20-3-11-24(40)12-4-20/h1-16,27-32,39-42H,17-18H2,(H,37,43)(H,38,44)(H,45,46)(H,47,48)/t27-,28-,29?,30?,31?,32?/m0/s1. The Kier molecular flexibility index (Phi) is 9.83. The average Bonchev–Trinajstić information content (AvgIpc) is 3.03. The van der Waals surface area contributed by atoms with Gasteiger partial charge in [0.05, 0.1) is 11.8 Å². The number of carboxylic acids is 2. The summed E-state index contributed by atoms with van der Waals surface area (Å²) in [5, 5.41) is 64.4. The molecule has 5 rings (SSSR count). The van der Waals surface area contributed by atoms with E-state index in [4.69, 9.17) is 0 Å². The second kappa shape index (κ2) is 14.2. The summed E-state index contributed by atoms with van der Waals surface area (Å²) in [6.07, 6.45) is -0.188. The molecule has 8 N–H and O–H groups in total. The van der Waals surface area contributed by atoms with Crippen LogP contribution in [0.1, 0.15) is 34.1 Å². The Balaban J connectivity index is 1.50. The summed E-state index contributed by atoms with van der Waals surface area (Å²) in [5.41, 5.74) is 2.06. The first-order valence-corrected chi connectivity index (χ1v) is 15.1. The molecule has 1 aliphatic carbocycles. The van der Waals surface area contributed by atoms with Crippen LogP contribution in [0.5, 0.6) is 23.0 Å². The summed E-state index contributed by atoms with van der Waals surface area (Å²) in [6, 6.07) is 20.8. The van der Waals surface area contributed by atoms with E-state index in [0.717, 1.165) is 0 Å². The minimum Gasteiger partial charge on any atom is -0.508 e. The highest BCUT2D eigenvalue weighted by Gasteiger charge is 2.58. The highest BCUT2D eigenvalue weighted by atomic mass is 16.4. The molecule has 2 amide bonds. The Morgan fingerprint density at radius 3 is 1.02 bits per heavy atom. The molecule has 2 atom stereocenters. The quantitative estimate of drug-likeness (QED) is 0.112. The van der Waals surface area contributed by atoms with Crippen LogP contribution in [0.25, 0.3) is 0 Å². The van der Waals surface area contributed by atoms with E-state index in [1.165, 1.54) is 72.8 Å². The number of rotatable bonds is 12. The number of aliphatic carboxylic acids is 2. The van der Waals surface area contributed by atoms with Crippen LogP contribution >= 0.6 is 0 Å². The van der Waals surface area contributed by atoms with Crippen molar-refractivity contribution in [1.82, 2.24) is 10.6 Å². The summed E-state index contributed by atoms with van der Waals surface area (Å²) >= 11 is 0. The molecular formula is C36H34N2O10.